The molecule has 2 N–H and O–H groups in total. The van der Waals surface area contributed by atoms with Crippen molar-refractivity contribution in [2.24, 2.45) is 35.3 Å². The van der Waals surface area contributed by atoms with Crippen LogP contribution in [0.3, 0.4) is 0 Å². The predicted molar refractivity (Wildman–Crippen MR) is 56.4 cm³/mol. The number of allylic oxidation sites excluding steroid dienone is 2. The third-order valence-electron chi connectivity index (χ3n) is 3.90. The molecule has 0 spiro atoms. The molecule has 2 rings (SSSR count). The van der Waals surface area contributed by atoms with Crippen LogP contribution in [0.25, 0.3) is 0 Å². The topological polar surface area (TPSA) is 43.1 Å². The number of hydrogen-bond acceptors (Lipinski definition) is 1. The summed E-state index contributed by atoms with van der Waals surface area (Å²) in [5.74, 6) is 3.06. The zero-order valence-corrected chi connectivity index (χ0v) is 8.94. The molecule has 2 aliphatic rings. The third kappa shape index (κ3) is 1.47. The van der Waals surface area contributed by atoms with Gasteiger partial charge in [-0.15, -0.1) is 0 Å². The summed E-state index contributed by atoms with van der Waals surface area (Å²) < 4.78 is 0. The summed E-state index contributed by atoms with van der Waals surface area (Å²) in [6.45, 7) is 4.51. The Morgan fingerprint density at radius 3 is 2.64 bits per heavy atom. The van der Waals surface area contributed by atoms with Crippen LogP contribution in [0, 0.1) is 29.6 Å². The minimum absolute atomic E-state index is 0.137. The Hall–Kier alpha value is -0.790. The first kappa shape index (κ1) is 9.75. The van der Waals surface area contributed by atoms with E-state index in [2.05, 4.69) is 26.0 Å². The van der Waals surface area contributed by atoms with Crippen LogP contribution < -0.4 is 5.73 Å². The van der Waals surface area contributed by atoms with Gasteiger partial charge in [-0.1, -0.05) is 26.0 Å². The molecule has 14 heavy (non-hydrogen) atoms. The lowest BCUT2D eigenvalue weighted by atomic mass is 9.75. The molecule has 2 heteroatoms. The van der Waals surface area contributed by atoms with Crippen LogP contribution >= 0.6 is 0 Å². The molecule has 0 radical (unpaired) electrons. The molecule has 1 amide bonds. The van der Waals surface area contributed by atoms with Crippen LogP contribution in [0.1, 0.15) is 26.7 Å². The van der Waals surface area contributed by atoms with Gasteiger partial charge < -0.3 is 5.73 Å². The third-order valence-corrected chi connectivity index (χ3v) is 3.90. The minimum atomic E-state index is -0.137. The number of rotatable bonds is 3. The van der Waals surface area contributed by atoms with Crippen molar-refractivity contribution < 1.29 is 4.79 Å². The predicted octanol–water partition coefficient (Wildman–Crippen LogP) is 1.96. The average molecular weight is 193 g/mol. The van der Waals surface area contributed by atoms with Crippen molar-refractivity contribution in [1.29, 1.82) is 0 Å². The van der Waals surface area contributed by atoms with Gasteiger partial charge in [-0.25, -0.2) is 0 Å². The molecule has 0 aliphatic heterocycles. The van der Waals surface area contributed by atoms with Gasteiger partial charge in [0.25, 0.3) is 0 Å². The molecule has 78 valence electrons. The van der Waals surface area contributed by atoms with Crippen LogP contribution in [0.5, 0.6) is 0 Å². The summed E-state index contributed by atoms with van der Waals surface area (Å²) in [6, 6.07) is 0. The lowest BCUT2D eigenvalue weighted by Gasteiger charge is -2.30. The van der Waals surface area contributed by atoms with Crippen LogP contribution in [-0.4, -0.2) is 5.91 Å². The Morgan fingerprint density at radius 2 is 2.07 bits per heavy atom. The molecule has 2 aliphatic carbocycles. The van der Waals surface area contributed by atoms with Gasteiger partial charge >= 0.3 is 0 Å². The van der Waals surface area contributed by atoms with E-state index in [4.69, 9.17) is 5.73 Å². The average Bonchev–Trinajstić information content (AvgIpc) is 2.61. The number of hydrogen-bond donors (Lipinski definition) is 1. The van der Waals surface area contributed by atoms with Gasteiger partial charge in [-0.05, 0) is 36.0 Å². The van der Waals surface area contributed by atoms with Crippen LogP contribution in [0.4, 0.5) is 0 Å². The van der Waals surface area contributed by atoms with Gasteiger partial charge in [0.05, 0.1) is 0 Å². The molecule has 4 atom stereocenters. The van der Waals surface area contributed by atoms with E-state index in [0.29, 0.717) is 36.0 Å². The highest BCUT2D eigenvalue weighted by Gasteiger charge is 2.45. The number of fused-ring (bicyclic) bond motifs is 2. The van der Waals surface area contributed by atoms with E-state index in [0.717, 1.165) is 0 Å². The summed E-state index contributed by atoms with van der Waals surface area (Å²) in [5.41, 5.74) is 5.30. The summed E-state index contributed by atoms with van der Waals surface area (Å²) in [6.07, 6.45) is 6.46. The molecule has 2 bridgehead atoms. The highest BCUT2D eigenvalue weighted by molar-refractivity contribution is 5.74. The molecular weight excluding hydrogens is 174 g/mol. The van der Waals surface area contributed by atoms with Gasteiger partial charge in [0.1, 0.15) is 0 Å². The lowest BCUT2D eigenvalue weighted by Crippen LogP contribution is -2.28. The largest absolute Gasteiger partial charge is 0.370 e. The van der Waals surface area contributed by atoms with E-state index in [-0.39, 0.29) is 5.91 Å². The van der Waals surface area contributed by atoms with Crippen molar-refractivity contribution in [2.75, 3.05) is 0 Å². The van der Waals surface area contributed by atoms with Crippen LogP contribution in [0.2, 0.25) is 0 Å². The molecule has 0 aromatic heterocycles. The van der Waals surface area contributed by atoms with E-state index in [1.807, 2.05) is 0 Å². The second kappa shape index (κ2) is 3.41. The van der Waals surface area contributed by atoms with Crippen LogP contribution in [-0.2, 0) is 4.79 Å². The molecule has 1 fully saturated rings. The maximum absolute atomic E-state index is 11.0. The first-order valence-corrected chi connectivity index (χ1v) is 5.56. The zero-order valence-electron chi connectivity index (χ0n) is 8.94. The molecule has 0 heterocycles. The molecule has 0 aromatic carbocycles. The Morgan fingerprint density at radius 1 is 1.43 bits per heavy atom. The molecule has 1 saturated carbocycles. The maximum atomic E-state index is 11.0. The van der Waals surface area contributed by atoms with Crippen molar-refractivity contribution in [3.63, 3.8) is 0 Å². The molecule has 0 saturated heterocycles. The van der Waals surface area contributed by atoms with E-state index in [1.54, 1.807) is 0 Å². The summed E-state index contributed by atoms with van der Waals surface area (Å²) in [5, 5.41) is 0. The number of primary amides is 1. The molecule has 3 unspecified atom stereocenters. The zero-order chi connectivity index (χ0) is 10.3. The van der Waals surface area contributed by atoms with Crippen molar-refractivity contribution in [3.05, 3.63) is 12.2 Å². The normalized spacial score (nSPS) is 39.6. The SMILES string of the molecule is CC(C)[C@@H]1C2C=CC(C2)C1CC(N)=O. The van der Waals surface area contributed by atoms with E-state index < -0.39 is 0 Å². The maximum Gasteiger partial charge on any atom is 0.217 e. The van der Waals surface area contributed by atoms with Crippen molar-refractivity contribution in [2.45, 2.75) is 26.7 Å². The van der Waals surface area contributed by atoms with E-state index in [9.17, 15) is 4.79 Å². The van der Waals surface area contributed by atoms with Crippen molar-refractivity contribution in [3.8, 4) is 0 Å². The van der Waals surface area contributed by atoms with Crippen molar-refractivity contribution in [1.82, 2.24) is 0 Å². The number of carbonyl (C=O) groups is 1. The molecular formula is C12H19NO. The Kier molecular flexibility index (Phi) is 2.38. The first-order chi connectivity index (χ1) is 6.59. The quantitative estimate of drug-likeness (QED) is 0.684. The van der Waals surface area contributed by atoms with Gasteiger partial charge in [0, 0.05) is 6.42 Å². The van der Waals surface area contributed by atoms with Gasteiger partial charge in [-0.2, -0.15) is 0 Å². The smallest absolute Gasteiger partial charge is 0.217 e. The van der Waals surface area contributed by atoms with E-state index in [1.165, 1.54) is 6.42 Å². The molecule has 0 aromatic rings. The van der Waals surface area contributed by atoms with Crippen LogP contribution in [0.15, 0.2) is 12.2 Å². The van der Waals surface area contributed by atoms with Gasteiger partial charge in [0.15, 0.2) is 0 Å². The second-order valence-electron chi connectivity index (χ2n) is 5.10. The lowest BCUT2D eigenvalue weighted by molar-refractivity contribution is -0.119. The van der Waals surface area contributed by atoms with Crippen molar-refractivity contribution >= 4 is 5.91 Å². The Labute approximate surface area is 85.6 Å². The van der Waals surface area contributed by atoms with E-state index >= 15 is 0 Å². The standard InChI is InChI=1S/C12H19NO/c1-7(2)12-9-4-3-8(5-9)10(12)6-11(13)14/h3-4,7-10,12H,5-6H2,1-2H3,(H2,13,14)/t8?,9?,10?,12-/m1/s1. The summed E-state index contributed by atoms with van der Waals surface area (Å²) >= 11 is 0. The summed E-state index contributed by atoms with van der Waals surface area (Å²) in [7, 11) is 0. The number of nitrogens with two attached hydrogens (primary N) is 1. The fourth-order valence-electron chi connectivity index (χ4n) is 3.47. The highest BCUT2D eigenvalue weighted by Crippen LogP contribution is 2.52. The Balaban J connectivity index is 2.14. The number of amides is 1. The Bertz CT molecular complexity index is 269. The second-order valence-corrected chi connectivity index (χ2v) is 5.10. The number of carbonyl (C=O) groups excluding carboxylic acids is 1. The molecule has 2 nitrogen and oxygen atoms in total. The van der Waals surface area contributed by atoms with Gasteiger partial charge in [0.2, 0.25) is 5.91 Å². The monoisotopic (exact) mass is 193 g/mol. The fourth-order valence-corrected chi connectivity index (χ4v) is 3.47. The fraction of sp³-hybridized carbons (Fsp3) is 0.750. The summed E-state index contributed by atoms with van der Waals surface area (Å²) in [4.78, 5) is 11.0. The minimum Gasteiger partial charge on any atom is -0.370 e. The highest BCUT2D eigenvalue weighted by atomic mass is 16.1. The first-order valence-electron chi connectivity index (χ1n) is 5.56. The van der Waals surface area contributed by atoms with Gasteiger partial charge in [-0.3, -0.25) is 4.79 Å².